The van der Waals surface area contributed by atoms with Gasteiger partial charge in [-0.2, -0.15) is 0 Å². The van der Waals surface area contributed by atoms with E-state index in [1.807, 2.05) is 12.1 Å². The lowest BCUT2D eigenvalue weighted by molar-refractivity contribution is 0.321. The van der Waals surface area contributed by atoms with Crippen molar-refractivity contribution < 1.29 is 4.74 Å². The predicted octanol–water partition coefficient (Wildman–Crippen LogP) is 1.88. The average molecular weight is 234 g/mol. The Morgan fingerprint density at radius 2 is 2.24 bits per heavy atom. The molecule has 0 spiro atoms. The third-order valence-electron chi connectivity index (χ3n) is 3.27. The van der Waals surface area contributed by atoms with E-state index in [4.69, 9.17) is 4.74 Å². The minimum absolute atomic E-state index is 0.855. The van der Waals surface area contributed by atoms with Gasteiger partial charge in [0.25, 0.3) is 0 Å². The second kappa shape index (κ2) is 6.03. The second-order valence-corrected chi connectivity index (χ2v) is 4.74. The van der Waals surface area contributed by atoms with Crippen molar-refractivity contribution in [3.05, 3.63) is 29.8 Å². The molecule has 0 aromatic heterocycles. The Balaban J connectivity index is 1.66. The maximum absolute atomic E-state index is 5.20. The fourth-order valence-corrected chi connectivity index (χ4v) is 1.97. The van der Waals surface area contributed by atoms with Crippen LogP contribution in [0, 0.1) is 0 Å². The van der Waals surface area contributed by atoms with Crippen LogP contribution in [0.15, 0.2) is 24.3 Å². The summed E-state index contributed by atoms with van der Waals surface area (Å²) in [6.45, 7) is 3.09. The normalized spacial score (nSPS) is 15.2. The minimum atomic E-state index is 0.855. The lowest BCUT2D eigenvalue weighted by Crippen LogP contribution is -2.30. The van der Waals surface area contributed by atoms with Gasteiger partial charge < -0.3 is 15.0 Å². The monoisotopic (exact) mass is 234 g/mol. The summed E-state index contributed by atoms with van der Waals surface area (Å²) in [6, 6.07) is 9.07. The molecule has 3 heteroatoms. The number of likely N-dealkylation sites (N-methyl/N-ethyl adjacent to an activating group) is 1. The number of nitrogens with one attached hydrogen (secondary N) is 1. The summed E-state index contributed by atoms with van der Waals surface area (Å²) in [6.07, 6.45) is 2.76. The molecule has 0 unspecified atom stereocenters. The summed E-state index contributed by atoms with van der Waals surface area (Å²) in [7, 11) is 3.92. The second-order valence-electron chi connectivity index (χ2n) is 4.74. The highest BCUT2D eigenvalue weighted by Crippen LogP contribution is 2.24. The molecule has 0 saturated heterocycles. The largest absolute Gasteiger partial charge is 0.497 e. The molecule has 2 rings (SSSR count). The van der Waals surface area contributed by atoms with Crippen LogP contribution in [-0.2, 0) is 6.54 Å². The quantitative estimate of drug-likeness (QED) is 0.729. The van der Waals surface area contributed by atoms with Gasteiger partial charge in [-0.25, -0.2) is 0 Å². The number of hydrogen-bond donors (Lipinski definition) is 1. The molecule has 1 saturated carbocycles. The molecule has 1 aliphatic carbocycles. The van der Waals surface area contributed by atoms with E-state index in [0.29, 0.717) is 0 Å². The number of rotatable bonds is 7. The van der Waals surface area contributed by atoms with Crippen molar-refractivity contribution in [1.82, 2.24) is 10.2 Å². The number of ether oxygens (including phenoxy) is 1. The molecule has 1 aromatic rings. The summed E-state index contributed by atoms with van der Waals surface area (Å²) in [5, 5.41) is 3.47. The maximum Gasteiger partial charge on any atom is 0.119 e. The predicted molar refractivity (Wildman–Crippen MR) is 70.4 cm³/mol. The molecule has 1 N–H and O–H groups in total. The highest BCUT2D eigenvalue weighted by atomic mass is 16.5. The van der Waals surface area contributed by atoms with Gasteiger partial charge in [-0.15, -0.1) is 0 Å². The van der Waals surface area contributed by atoms with Crippen molar-refractivity contribution in [2.75, 3.05) is 27.2 Å². The number of methoxy groups -OCH3 is 1. The molecule has 3 nitrogen and oxygen atoms in total. The van der Waals surface area contributed by atoms with Gasteiger partial charge in [0, 0.05) is 25.7 Å². The Kier molecular flexibility index (Phi) is 4.40. The first kappa shape index (κ1) is 12.4. The summed E-state index contributed by atoms with van der Waals surface area (Å²) in [5.41, 5.74) is 1.28. The van der Waals surface area contributed by atoms with Crippen molar-refractivity contribution in [3.63, 3.8) is 0 Å². The highest BCUT2D eigenvalue weighted by molar-refractivity contribution is 5.28. The number of benzene rings is 1. The van der Waals surface area contributed by atoms with Gasteiger partial charge in [-0.3, -0.25) is 0 Å². The van der Waals surface area contributed by atoms with E-state index in [1.54, 1.807) is 7.11 Å². The fraction of sp³-hybridized carbons (Fsp3) is 0.571. The fourth-order valence-electron chi connectivity index (χ4n) is 1.97. The molecule has 1 aromatic carbocycles. The Morgan fingerprint density at radius 3 is 2.94 bits per heavy atom. The van der Waals surface area contributed by atoms with E-state index >= 15 is 0 Å². The van der Waals surface area contributed by atoms with Crippen molar-refractivity contribution in [2.45, 2.75) is 25.4 Å². The summed E-state index contributed by atoms with van der Waals surface area (Å²) in [5.74, 6) is 0.930. The molecule has 0 heterocycles. The van der Waals surface area contributed by atoms with Crippen molar-refractivity contribution in [2.24, 2.45) is 0 Å². The lowest BCUT2D eigenvalue weighted by Gasteiger charge is -2.15. The van der Waals surface area contributed by atoms with E-state index in [2.05, 4.69) is 29.4 Å². The Hall–Kier alpha value is -1.06. The van der Waals surface area contributed by atoms with Crippen LogP contribution in [0.1, 0.15) is 18.4 Å². The minimum Gasteiger partial charge on any atom is -0.497 e. The first-order chi connectivity index (χ1) is 8.29. The lowest BCUT2D eigenvalue weighted by atomic mass is 10.2. The molecule has 1 fully saturated rings. The molecule has 0 radical (unpaired) electrons. The van der Waals surface area contributed by atoms with Crippen LogP contribution in [0.2, 0.25) is 0 Å². The van der Waals surface area contributed by atoms with Crippen molar-refractivity contribution in [1.29, 1.82) is 0 Å². The summed E-state index contributed by atoms with van der Waals surface area (Å²) in [4.78, 5) is 2.44. The molecular formula is C14H22N2O. The first-order valence-corrected chi connectivity index (χ1v) is 6.33. The van der Waals surface area contributed by atoms with Gasteiger partial charge in [-0.1, -0.05) is 12.1 Å². The number of nitrogens with zero attached hydrogens (tertiary/aromatic N) is 1. The molecule has 94 valence electrons. The van der Waals surface area contributed by atoms with Gasteiger partial charge in [0.05, 0.1) is 7.11 Å². The smallest absolute Gasteiger partial charge is 0.119 e. The van der Waals surface area contributed by atoms with Crippen molar-refractivity contribution >= 4 is 0 Å². The Labute approximate surface area is 104 Å². The standard InChI is InChI=1S/C14H22N2O/c1-16(13-6-7-13)9-8-15-11-12-4-3-5-14(10-12)17-2/h3-5,10,13,15H,6-9,11H2,1-2H3. The van der Waals surface area contributed by atoms with E-state index in [1.165, 1.54) is 18.4 Å². The zero-order chi connectivity index (χ0) is 12.1. The van der Waals surface area contributed by atoms with E-state index < -0.39 is 0 Å². The highest BCUT2D eigenvalue weighted by Gasteiger charge is 2.25. The van der Waals surface area contributed by atoms with Crippen LogP contribution in [-0.4, -0.2) is 38.2 Å². The Morgan fingerprint density at radius 1 is 1.41 bits per heavy atom. The summed E-state index contributed by atoms with van der Waals surface area (Å²) >= 11 is 0. The zero-order valence-electron chi connectivity index (χ0n) is 10.8. The van der Waals surface area contributed by atoms with Gasteiger partial charge in [0.2, 0.25) is 0 Å². The van der Waals surface area contributed by atoms with Crippen LogP contribution in [0.5, 0.6) is 5.75 Å². The maximum atomic E-state index is 5.20. The van der Waals surface area contributed by atoms with E-state index in [9.17, 15) is 0 Å². The van der Waals surface area contributed by atoms with E-state index in [-0.39, 0.29) is 0 Å². The number of hydrogen-bond acceptors (Lipinski definition) is 3. The third kappa shape index (κ3) is 4.02. The Bertz CT molecular complexity index is 350. The summed E-state index contributed by atoms with van der Waals surface area (Å²) < 4.78 is 5.20. The molecular weight excluding hydrogens is 212 g/mol. The van der Waals surface area contributed by atoms with Crippen LogP contribution in [0.25, 0.3) is 0 Å². The van der Waals surface area contributed by atoms with Crippen LogP contribution in [0.3, 0.4) is 0 Å². The van der Waals surface area contributed by atoms with Crippen LogP contribution >= 0.6 is 0 Å². The van der Waals surface area contributed by atoms with Gasteiger partial charge in [0.15, 0.2) is 0 Å². The average Bonchev–Trinajstić information content (AvgIpc) is 3.19. The molecule has 0 bridgehead atoms. The van der Waals surface area contributed by atoms with Gasteiger partial charge in [-0.05, 0) is 37.6 Å². The zero-order valence-corrected chi connectivity index (χ0v) is 10.8. The van der Waals surface area contributed by atoms with Gasteiger partial charge >= 0.3 is 0 Å². The first-order valence-electron chi connectivity index (χ1n) is 6.33. The van der Waals surface area contributed by atoms with Crippen LogP contribution in [0.4, 0.5) is 0 Å². The molecule has 0 amide bonds. The van der Waals surface area contributed by atoms with Crippen LogP contribution < -0.4 is 10.1 Å². The van der Waals surface area contributed by atoms with E-state index in [0.717, 1.165) is 31.4 Å². The molecule has 1 aliphatic rings. The van der Waals surface area contributed by atoms with Gasteiger partial charge in [0.1, 0.15) is 5.75 Å². The SMILES string of the molecule is COc1cccc(CNCCN(C)C2CC2)c1. The molecule has 17 heavy (non-hydrogen) atoms. The molecule has 0 atom stereocenters. The molecule has 0 aliphatic heterocycles. The third-order valence-corrected chi connectivity index (χ3v) is 3.27. The van der Waals surface area contributed by atoms with Crippen molar-refractivity contribution in [3.8, 4) is 5.75 Å². The topological polar surface area (TPSA) is 24.5 Å².